The molecule has 0 aromatic heterocycles. The van der Waals surface area contributed by atoms with Gasteiger partial charge in [0.2, 0.25) is 5.91 Å². The Kier molecular flexibility index (Phi) is 2.40. The molecule has 2 aliphatic heterocycles. The fourth-order valence-corrected chi connectivity index (χ4v) is 5.53. The number of carbonyl (C=O) groups is 1. The first-order valence-corrected chi connectivity index (χ1v) is 8.68. The van der Waals surface area contributed by atoms with Crippen LogP contribution in [0.3, 0.4) is 0 Å². The molecule has 1 aromatic rings. The van der Waals surface area contributed by atoms with Gasteiger partial charge in [0, 0.05) is 17.4 Å². The second kappa shape index (κ2) is 4.06. The Labute approximate surface area is 131 Å². The van der Waals surface area contributed by atoms with Gasteiger partial charge in [0.1, 0.15) is 11.4 Å². The van der Waals surface area contributed by atoms with Crippen molar-refractivity contribution >= 4 is 5.91 Å². The van der Waals surface area contributed by atoms with E-state index in [1.165, 1.54) is 18.4 Å². The molecule has 4 bridgehead atoms. The summed E-state index contributed by atoms with van der Waals surface area (Å²) in [5.74, 6) is 2.20. The molecule has 2 aliphatic carbocycles. The van der Waals surface area contributed by atoms with Gasteiger partial charge in [-0.2, -0.15) is 0 Å². The first kappa shape index (κ1) is 13.0. The highest BCUT2D eigenvalue weighted by Gasteiger charge is 2.57. The minimum absolute atomic E-state index is 0.0343. The van der Waals surface area contributed by atoms with E-state index in [0.29, 0.717) is 5.91 Å². The van der Waals surface area contributed by atoms with Crippen LogP contribution in [-0.4, -0.2) is 23.0 Å². The van der Waals surface area contributed by atoms with Gasteiger partial charge in [0.05, 0.1) is 12.6 Å². The number of rotatable bonds is 1. The predicted octanol–water partition coefficient (Wildman–Crippen LogP) is 3.69. The number of carbonyl (C=O) groups excluding carboxylic acids is 1. The van der Waals surface area contributed by atoms with Gasteiger partial charge in [-0.05, 0) is 51.0 Å². The Morgan fingerprint density at radius 1 is 1.23 bits per heavy atom. The maximum atomic E-state index is 13.4. The van der Waals surface area contributed by atoms with Crippen LogP contribution >= 0.6 is 0 Å². The zero-order valence-corrected chi connectivity index (χ0v) is 13.2. The summed E-state index contributed by atoms with van der Waals surface area (Å²) in [5, 5.41) is 0. The predicted molar refractivity (Wildman–Crippen MR) is 83.6 cm³/mol. The highest BCUT2D eigenvalue weighted by Crippen LogP contribution is 2.57. The van der Waals surface area contributed by atoms with Gasteiger partial charge in [0.25, 0.3) is 0 Å². The number of fused-ring (bicyclic) bond motifs is 6. The van der Waals surface area contributed by atoms with Crippen molar-refractivity contribution in [2.45, 2.75) is 57.1 Å². The summed E-state index contributed by atoms with van der Waals surface area (Å²) in [7, 11) is 0. The van der Waals surface area contributed by atoms with Crippen LogP contribution in [-0.2, 0) is 4.79 Å². The zero-order valence-electron chi connectivity index (χ0n) is 13.2. The molecule has 3 nitrogen and oxygen atoms in total. The van der Waals surface area contributed by atoms with E-state index in [2.05, 4.69) is 24.0 Å². The summed E-state index contributed by atoms with van der Waals surface area (Å²) in [4.78, 5) is 15.6. The van der Waals surface area contributed by atoms with E-state index in [9.17, 15) is 4.79 Å². The standard InChI is InChI=1S/C19H23NO2/c1-18-11-15(14-4-2-3-5-16(14)22-18)20(12-18)17(21)19-8-6-13(10-19)7-9-19/h2-5,13,15H,6-12H2,1H3/t13?,15-,18-,19?/m0/s1. The lowest BCUT2D eigenvalue weighted by molar-refractivity contribution is -0.143. The van der Waals surface area contributed by atoms with Crippen LogP contribution in [0.1, 0.15) is 57.1 Å². The third kappa shape index (κ3) is 1.60. The minimum atomic E-state index is -0.206. The molecule has 3 heteroatoms. The molecule has 5 rings (SSSR count). The van der Waals surface area contributed by atoms with E-state index in [1.807, 2.05) is 12.1 Å². The van der Waals surface area contributed by atoms with Crippen LogP contribution in [0.15, 0.2) is 24.3 Å². The van der Waals surface area contributed by atoms with Crippen LogP contribution in [0.4, 0.5) is 0 Å². The summed E-state index contributed by atoms with van der Waals surface area (Å²) < 4.78 is 6.24. The number of hydrogen-bond acceptors (Lipinski definition) is 2. The largest absolute Gasteiger partial charge is 0.485 e. The van der Waals surface area contributed by atoms with E-state index in [-0.39, 0.29) is 17.1 Å². The summed E-state index contributed by atoms with van der Waals surface area (Å²) in [6.45, 7) is 2.91. The Morgan fingerprint density at radius 2 is 2.00 bits per heavy atom. The van der Waals surface area contributed by atoms with E-state index in [4.69, 9.17) is 4.74 Å². The van der Waals surface area contributed by atoms with Crippen LogP contribution < -0.4 is 4.74 Å². The second-order valence-electron chi connectivity index (χ2n) is 8.17. The minimum Gasteiger partial charge on any atom is -0.485 e. The molecular formula is C19H23NO2. The third-order valence-corrected chi connectivity index (χ3v) is 6.60. The van der Waals surface area contributed by atoms with Crippen LogP contribution in [0, 0.1) is 11.3 Å². The van der Waals surface area contributed by atoms with E-state index >= 15 is 0 Å². The summed E-state index contributed by atoms with van der Waals surface area (Å²) in [5.41, 5.74) is 0.963. The smallest absolute Gasteiger partial charge is 0.229 e. The molecule has 4 aliphatic rings. The van der Waals surface area contributed by atoms with Crippen molar-refractivity contribution < 1.29 is 9.53 Å². The van der Waals surface area contributed by atoms with Gasteiger partial charge in [-0.25, -0.2) is 0 Å². The summed E-state index contributed by atoms with van der Waals surface area (Å²) >= 11 is 0. The normalized spacial score (nSPS) is 41.4. The molecule has 116 valence electrons. The van der Waals surface area contributed by atoms with Gasteiger partial charge in [-0.1, -0.05) is 18.2 Å². The molecule has 0 spiro atoms. The SMILES string of the molecule is C[C@@]12C[C@@H](c3ccccc3O1)N(C(=O)C13CCC(CC1)C3)C2. The van der Waals surface area contributed by atoms with Crippen LogP contribution in [0.25, 0.3) is 0 Å². The van der Waals surface area contributed by atoms with Gasteiger partial charge in [-0.3, -0.25) is 4.79 Å². The van der Waals surface area contributed by atoms with E-state index in [0.717, 1.165) is 43.9 Å². The topological polar surface area (TPSA) is 29.5 Å². The highest BCUT2D eigenvalue weighted by atomic mass is 16.5. The molecule has 22 heavy (non-hydrogen) atoms. The quantitative estimate of drug-likeness (QED) is 0.791. The van der Waals surface area contributed by atoms with Gasteiger partial charge < -0.3 is 9.64 Å². The van der Waals surface area contributed by atoms with Crippen molar-refractivity contribution in [3.63, 3.8) is 0 Å². The number of amides is 1. The zero-order chi connectivity index (χ0) is 14.9. The number of hydrogen-bond donors (Lipinski definition) is 0. The monoisotopic (exact) mass is 297 g/mol. The molecule has 2 heterocycles. The van der Waals surface area contributed by atoms with Crippen LogP contribution in [0.2, 0.25) is 0 Å². The fourth-order valence-electron chi connectivity index (χ4n) is 5.53. The van der Waals surface area contributed by atoms with Gasteiger partial charge in [0.15, 0.2) is 0 Å². The van der Waals surface area contributed by atoms with Crippen molar-refractivity contribution in [2.75, 3.05) is 6.54 Å². The van der Waals surface area contributed by atoms with Crippen molar-refractivity contribution in [2.24, 2.45) is 11.3 Å². The van der Waals surface area contributed by atoms with Gasteiger partial charge in [-0.15, -0.1) is 0 Å². The Balaban J connectivity index is 1.53. The lowest BCUT2D eigenvalue weighted by Gasteiger charge is -2.34. The van der Waals surface area contributed by atoms with Gasteiger partial charge >= 0.3 is 0 Å². The van der Waals surface area contributed by atoms with Crippen LogP contribution in [0.5, 0.6) is 5.75 Å². The molecule has 2 saturated carbocycles. The van der Waals surface area contributed by atoms with Crippen molar-refractivity contribution in [1.82, 2.24) is 4.90 Å². The molecular weight excluding hydrogens is 274 g/mol. The molecule has 3 fully saturated rings. The molecule has 1 amide bonds. The molecule has 0 N–H and O–H groups in total. The molecule has 0 unspecified atom stereocenters. The average molecular weight is 297 g/mol. The average Bonchev–Trinajstić information content (AvgIpc) is 3.19. The molecule has 1 aromatic carbocycles. The number of likely N-dealkylation sites (tertiary alicyclic amines) is 1. The maximum absolute atomic E-state index is 13.4. The first-order chi connectivity index (χ1) is 10.6. The summed E-state index contributed by atoms with van der Waals surface area (Å²) in [6, 6.07) is 8.49. The van der Waals surface area contributed by atoms with Crippen molar-refractivity contribution in [3.05, 3.63) is 29.8 Å². The number of benzene rings is 1. The number of nitrogens with zero attached hydrogens (tertiary/aromatic N) is 1. The summed E-state index contributed by atoms with van der Waals surface area (Å²) in [6.07, 6.45) is 6.81. The Bertz CT molecular complexity index is 647. The molecule has 0 radical (unpaired) electrons. The van der Waals surface area contributed by atoms with E-state index in [1.54, 1.807) is 0 Å². The molecule has 2 atom stereocenters. The Hall–Kier alpha value is -1.51. The maximum Gasteiger partial charge on any atom is 0.229 e. The number of para-hydroxylation sites is 1. The number of ether oxygens (including phenoxy) is 1. The lowest BCUT2D eigenvalue weighted by Crippen LogP contribution is -2.43. The van der Waals surface area contributed by atoms with Crippen molar-refractivity contribution in [3.8, 4) is 5.75 Å². The van der Waals surface area contributed by atoms with E-state index < -0.39 is 0 Å². The lowest BCUT2D eigenvalue weighted by atomic mass is 9.82. The first-order valence-electron chi connectivity index (χ1n) is 8.68. The third-order valence-electron chi connectivity index (χ3n) is 6.60. The Morgan fingerprint density at radius 3 is 2.73 bits per heavy atom. The van der Waals surface area contributed by atoms with Crippen molar-refractivity contribution in [1.29, 1.82) is 0 Å². The fraction of sp³-hybridized carbons (Fsp3) is 0.632. The molecule has 1 saturated heterocycles. The highest BCUT2D eigenvalue weighted by molar-refractivity contribution is 5.84. The second-order valence-corrected chi connectivity index (χ2v) is 8.17.